The minimum absolute atomic E-state index is 0.110. The van der Waals surface area contributed by atoms with E-state index in [1.165, 1.54) is 32.6 Å². The molecule has 1 aliphatic rings. The first-order chi connectivity index (χ1) is 39.6. The van der Waals surface area contributed by atoms with Crippen LogP contribution in [-0.4, -0.2) is 229 Å². The molecule has 1 aliphatic heterocycles. The molecule has 0 aromatic carbocycles. The third-order valence-corrected chi connectivity index (χ3v) is 13.5. The van der Waals surface area contributed by atoms with Gasteiger partial charge >= 0.3 is 11.9 Å². The van der Waals surface area contributed by atoms with Crippen molar-refractivity contribution in [1.29, 1.82) is 0 Å². The molecule has 22 N–H and O–H groups in total. The number of amides is 12. The first-order valence-electron chi connectivity index (χ1n) is 27.7. The number of aliphatic carboxylic acids is 2. The zero-order valence-corrected chi connectivity index (χ0v) is 49.0. The Balaban J connectivity index is 3.35. The van der Waals surface area contributed by atoms with E-state index in [1.54, 1.807) is 13.8 Å². The van der Waals surface area contributed by atoms with E-state index in [2.05, 4.69) is 53.2 Å². The molecule has 34 nitrogen and oxygen atoms in total. The van der Waals surface area contributed by atoms with Crippen molar-refractivity contribution in [2.24, 2.45) is 29.0 Å². The van der Waals surface area contributed by atoms with Gasteiger partial charge in [-0.1, -0.05) is 27.7 Å². The summed E-state index contributed by atoms with van der Waals surface area (Å²) >= 11 is 0. The van der Waals surface area contributed by atoms with Crippen LogP contribution in [0.4, 0.5) is 0 Å². The van der Waals surface area contributed by atoms with Crippen LogP contribution in [0.2, 0.25) is 0 Å². The maximum Gasteiger partial charge on any atom is 0.325 e. The molecule has 0 bridgehead atoms. The monoisotopic (exact) mass is 1220 g/mol. The van der Waals surface area contributed by atoms with Gasteiger partial charge in [-0.15, -0.1) is 0 Å². The van der Waals surface area contributed by atoms with Crippen molar-refractivity contribution in [2.45, 2.75) is 198 Å². The van der Waals surface area contributed by atoms with Gasteiger partial charge in [0.25, 0.3) is 0 Å². The van der Waals surface area contributed by atoms with Gasteiger partial charge in [-0.05, 0) is 91.0 Å². The van der Waals surface area contributed by atoms with Crippen molar-refractivity contribution in [1.82, 2.24) is 58.1 Å². The second kappa shape index (κ2) is 36.9. The molecule has 0 aliphatic carbocycles. The predicted octanol–water partition coefficient (Wildman–Crippen LogP) is -8.41. The Labute approximate surface area is 490 Å². The lowest BCUT2D eigenvalue weighted by Gasteiger charge is -2.30. The summed E-state index contributed by atoms with van der Waals surface area (Å²) in [5.74, 6) is -16.4. The highest BCUT2D eigenvalue weighted by atomic mass is 16.4. The van der Waals surface area contributed by atoms with Gasteiger partial charge in [0.2, 0.25) is 70.9 Å². The lowest BCUT2D eigenvalue weighted by Crippen LogP contribution is -2.63. The Morgan fingerprint density at radius 3 is 1.32 bits per heavy atom. The highest BCUT2D eigenvalue weighted by molar-refractivity contribution is 6.00. The van der Waals surface area contributed by atoms with Gasteiger partial charge in [0.1, 0.15) is 66.5 Å². The molecular weight excluding hydrogens is 1130 g/mol. The summed E-state index contributed by atoms with van der Waals surface area (Å²) in [5, 5.41) is 83.1. The largest absolute Gasteiger partial charge is 0.481 e. The van der Waals surface area contributed by atoms with E-state index < -0.39 is 212 Å². The number of unbranched alkanes of at least 4 members (excludes halogenated alkanes) is 1. The molecule has 12 amide bonds. The number of hydrogen-bond acceptors (Lipinski definition) is 20. The number of nitrogens with one attached hydrogen (secondary N) is 10. The van der Waals surface area contributed by atoms with Crippen molar-refractivity contribution in [3.63, 3.8) is 0 Å². The van der Waals surface area contributed by atoms with Crippen molar-refractivity contribution in [2.75, 3.05) is 26.3 Å². The van der Waals surface area contributed by atoms with Gasteiger partial charge in [-0.25, -0.2) is 0 Å². The Hall–Kier alpha value is -7.66. The fourth-order valence-corrected chi connectivity index (χ4v) is 8.28. The van der Waals surface area contributed by atoms with Crippen LogP contribution in [0.5, 0.6) is 0 Å². The molecule has 482 valence electrons. The SMILES string of the molecule is CC(NC(=O)C1CCCN1C(=O)C(C)NC(=O)C(NC(=O)C(CCC(N)=O)NC(=O)C(CO)NC(=O)C(NC(=O)C(CCC(=O)O)NC(=O)C(NC(=O)C(CCCCN)NC(=O)C(CO)NC(=O)C(N)C(C)C)C(C)O)C(C)O)C(C)C)C(=O)O. The van der Waals surface area contributed by atoms with E-state index in [-0.39, 0.29) is 38.3 Å². The number of primary amides is 1. The smallest absolute Gasteiger partial charge is 0.325 e. The molecule has 34 heteroatoms. The lowest BCUT2D eigenvalue weighted by atomic mass is 10.0. The second-order valence-corrected chi connectivity index (χ2v) is 21.3. The van der Waals surface area contributed by atoms with Crippen molar-refractivity contribution >= 4 is 82.8 Å². The number of nitrogens with zero attached hydrogens (tertiary/aromatic N) is 1. The van der Waals surface area contributed by atoms with Crippen LogP contribution in [0.25, 0.3) is 0 Å². The number of carboxylic acid groups (broad SMARTS) is 2. The van der Waals surface area contributed by atoms with Crippen molar-refractivity contribution in [3.05, 3.63) is 0 Å². The van der Waals surface area contributed by atoms with Crippen molar-refractivity contribution < 1.29 is 97.8 Å². The second-order valence-electron chi connectivity index (χ2n) is 21.3. The number of rotatable bonds is 38. The maximum atomic E-state index is 13.8. The summed E-state index contributed by atoms with van der Waals surface area (Å²) < 4.78 is 0. The zero-order chi connectivity index (χ0) is 65.2. The van der Waals surface area contributed by atoms with E-state index in [1.807, 2.05) is 0 Å². The van der Waals surface area contributed by atoms with Gasteiger partial charge in [-0.3, -0.25) is 67.1 Å². The first kappa shape index (κ1) is 75.4. The van der Waals surface area contributed by atoms with Crippen LogP contribution < -0.4 is 70.4 Å². The number of carbonyl (C=O) groups is 14. The van der Waals surface area contributed by atoms with E-state index in [9.17, 15) is 97.8 Å². The van der Waals surface area contributed by atoms with E-state index in [0.717, 1.165) is 13.8 Å². The molecule has 1 fully saturated rings. The van der Waals surface area contributed by atoms with Crippen LogP contribution in [0.1, 0.15) is 113 Å². The number of nitrogens with two attached hydrogens (primary N) is 3. The number of aliphatic hydroxyl groups is 4. The first-order valence-corrected chi connectivity index (χ1v) is 27.7. The predicted molar refractivity (Wildman–Crippen MR) is 296 cm³/mol. The van der Waals surface area contributed by atoms with E-state index >= 15 is 0 Å². The van der Waals surface area contributed by atoms with Crippen LogP contribution in [-0.2, 0) is 67.1 Å². The normalized spacial score (nSPS) is 17.6. The molecular formula is C51H88N14O20. The molecule has 14 atom stereocenters. The summed E-state index contributed by atoms with van der Waals surface area (Å²) in [5.41, 5.74) is 16.8. The fraction of sp³-hybridized carbons (Fsp3) is 0.725. The molecule has 1 saturated heterocycles. The number of carboxylic acids is 2. The van der Waals surface area contributed by atoms with Crippen molar-refractivity contribution in [3.8, 4) is 0 Å². The summed E-state index contributed by atoms with van der Waals surface area (Å²) in [4.78, 5) is 184. The van der Waals surface area contributed by atoms with Gasteiger partial charge in [-0.2, -0.15) is 0 Å². The third-order valence-electron chi connectivity index (χ3n) is 13.5. The highest BCUT2D eigenvalue weighted by Gasteiger charge is 2.40. The van der Waals surface area contributed by atoms with E-state index in [0.29, 0.717) is 12.8 Å². The quantitative estimate of drug-likeness (QED) is 0.0255. The molecule has 1 heterocycles. The van der Waals surface area contributed by atoms with Gasteiger partial charge in [0, 0.05) is 19.4 Å². The molecule has 1 rings (SSSR count). The number of carbonyl (C=O) groups excluding carboxylic acids is 12. The number of likely N-dealkylation sites (tertiary alicyclic amines) is 1. The molecule has 0 spiro atoms. The molecule has 0 radical (unpaired) electrons. The summed E-state index contributed by atoms with van der Waals surface area (Å²) in [6.07, 6.45) is -5.11. The Morgan fingerprint density at radius 1 is 0.494 bits per heavy atom. The minimum atomic E-state index is -2.06. The van der Waals surface area contributed by atoms with Gasteiger partial charge in [0.15, 0.2) is 0 Å². The summed E-state index contributed by atoms with van der Waals surface area (Å²) in [6, 6.07) is -18.7. The van der Waals surface area contributed by atoms with Gasteiger partial charge < -0.3 is 106 Å². The minimum Gasteiger partial charge on any atom is -0.481 e. The molecule has 0 aromatic heterocycles. The lowest BCUT2D eigenvalue weighted by molar-refractivity contribution is -0.144. The number of aliphatic hydroxyl groups excluding tert-OH is 4. The third kappa shape index (κ3) is 25.2. The highest BCUT2D eigenvalue weighted by Crippen LogP contribution is 2.19. The fourth-order valence-electron chi connectivity index (χ4n) is 8.28. The Kier molecular flexibility index (Phi) is 32.7. The topological polar surface area (TPSA) is 562 Å². The van der Waals surface area contributed by atoms with Crippen LogP contribution in [0.3, 0.4) is 0 Å². The summed E-state index contributed by atoms with van der Waals surface area (Å²) in [7, 11) is 0. The number of hydrogen-bond donors (Lipinski definition) is 19. The van der Waals surface area contributed by atoms with Crippen LogP contribution >= 0.6 is 0 Å². The average molecular weight is 1220 g/mol. The Bertz CT molecular complexity index is 2360. The molecule has 0 aromatic rings. The standard InChI is InChI=1S/C51H88N14O20/c1-22(2)36(54)46(79)60-31(20-66)43(76)57-28(12-9-10-18-52)40(73)63-38(26(7)68)48(81)59-30(15-17-35(71)72)42(75)64-39(27(8)69)49(82)61-32(21-67)44(77)58-29(14-16-34(53)70)41(74)62-37(23(3)4)47(80)55-24(5)50(83)65-19-11-13-33(65)45(78)56-25(6)51(84)85/h22-33,36-39,66-69H,9-21,52,54H2,1-8H3,(H2,53,70)(H,55,80)(H,56,78)(H,57,76)(H,58,77)(H,59,81)(H,60,79)(H,61,82)(H,62,74)(H,63,73)(H,64,75)(H,71,72)(H,84,85). The molecule has 14 unspecified atom stereocenters. The van der Waals surface area contributed by atoms with Gasteiger partial charge in [0.05, 0.1) is 31.5 Å². The van der Waals surface area contributed by atoms with Crippen LogP contribution in [0.15, 0.2) is 0 Å². The average Bonchev–Trinajstić information content (AvgIpc) is 4.21. The zero-order valence-electron chi connectivity index (χ0n) is 49.0. The van der Waals surface area contributed by atoms with Crippen LogP contribution in [0, 0.1) is 11.8 Å². The molecule has 0 saturated carbocycles. The summed E-state index contributed by atoms with van der Waals surface area (Å²) in [6.45, 7) is 9.08. The molecule has 85 heavy (non-hydrogen) atoms. The maximum absolute atomic E-state index is 13.8. The Morgan fingerprint density at radius 2 is 0.906 bits per heavy atom. The van der Waals surface area contributed by atoms with E-state index in [4.69, 9.17) is 17.2 Å².